The second kappa shape index (κ2) is 10.4. The highest BCUT2D eigenvalue weighted by Gasteiger charge is 2.42. The van der Waals surface area contributed by atoms with Gasteiger partial charge < -0.3 is 19.6 Å². The van der Waals surface area contributed by atoms with Crippen molar-refractivity contribution < 1.29 is 19.4 Å². The summed E-state index contributed by atoms with van der Waals surface area (Å²) in [6, 6.07) is 13.1. The topological polar surface area (TPSA) is 132 Å². The number of ether oxygens (including phenoxy) is 1. The van der Waals surface area contributed by atoms with E-state index in [0.29, 0.717) is 62.0 Å². The van der Waals surface area contributed by atoms with Gasteiger partial charge in [-0.25, -0.2) is 14.6 Å². The summed E-state index contributed by atoms with van der Waals surface area (Å²) in [5, 5.41) is 22.2. The Labute approximate surface area is 224 Å². The van der Waals surface area contributed by atoms with Crippen molar-refractivity contribution in [1.29, 1.82) is 5.26 Å². The van der Waals surface area contributed by atoms with Gasteiger partial charge in [0, 0.05) is 36.6 Å². The van der Waals surface area contributed by atoms with Crippen LogP contribution < -0.4 is 5.32 Å². The van der Waals surface area contributed by atoms with E-state index in [2.05, 4.69) is 16.4 Å². The number of aryl methyl sites for hydroxylation is 2. The van der Waals surface area contributed by atoms with Crippen LogP contribution in [0, 0.1) is 25.2 Å². The van der Waals surface area contributed by atoms with Crippen LogP contribution in [-0.2, 0) is 4.74 Å². The normalized spacial score (nSPS) is 16.8. The first-order chi connectivity index (χ1) is 18.2. The highest BCUT2D eigenvalue weighted by Crippen LogP contribution is 2.40. The van der Waals surface area contributed by atoms with Crippen molar-refractivity contribution in [3.63, 3.8) is 0 Å². The van der Waals surface area contributed by atoms with Gasteiger partial charge in [-0.3, -0.25) is 10.3 Å². The minimum atomic E-state index is -0.942. The number of amides is 3. The molecule has 2 N–H and O–H groups in total. The number of carboxylic acid groups (broad SMARTS) is 1. The number of hydrogen-bond acceptors (Lipinski definition) is 7. The SMILES string of the molecule is Cc1cc(-c2sc(NC(=O)N3CCC4(CC3)CN(C(=O)O)CCO4)nc2-c2cccc(C#N)c2)cc(C)n1. The number of benzene rings is 1. The molecule has 0 unspecified atom stereocenters. The number of aromatic nitrogens is 2. The molecular formula is C27H28N6O4S. The number of pyridine rings is 1. The van der Waals surface area contributed by atoms with E-state index in [1.165, 1.54) is 16.2 Å². The number of thiazole rings is 1. The molecule has 11 heteroatoms. The summed E-state index contributed by atoms with van der Waals surface area (Å²) in [4.78, 5) is 37.9. The number of carbonyl (C=O) groups excluding carboxylic acids is 1. The molecule has 2 fully saturated rings. The molecule has 196 valence electrons. The Bertz CT molecular complexity index is 1400. The van der Waals surface area contributed by atoms with E-state index in [0.717, 1.165) is 27.4 Å². The Morgan fingerprint density at radius 3 is 2.50 bits per heavy atom. The quantitative estimate of drug-likeness (QED) is 0.498. The number of nitrogens with zero attached hydrogens (tertiary/aromatic N) is 5. The Balaban J connectivity index is 1.37. The minimum Gasteiger partial charge on any atom is -0.465 e. The number of rotatable bonds is 3. The number of carbonyl (C=O) groups is 2. The van der Waals surface area contributed by atoms with E-state index in [1.54, 1.807) is 17.0 Å². The molecule has 2 aromatic heterocycles. The minimum absolute atomic E-state index is 0.259. The zero-order chi connectivity index (χ0) is 26.9. The van der Waals surface area contributed by atoms with Gasteiger partial charge >= 0.3 is 12.1 Å². The van der Waals surface area contributed by atoms with Crippen LogP contribution in [0.1, 0.15) is 29.8 Å². The van der Waals surface area contributed by atoms with Crippen molar-refractivity contribution in [2.45, 2.75) is 32.3 Å². The molecule has 0 aliphatic carbocycles. The molecule has 5 rings (SSSR count). The largest absolute Gasteiger partial charge is 0.465 e. The molecule has 1 spiro atoms. The van der Waals surface area contributed by atoms with Crippen LogP contribution in [0.25, 0.3) is 21.7 Å². The predicted molar refractivity (Wildman–Crippen MR) is 143 cm³/mol. The molecule has 3 amide bonds. The lowest BCUT2D eigenvalue weighted by Crippen LogP contribution is -2.58. The van der Waals surface area contributed by atoms with Gasteiger partial charge in [0.15, 0.2) is 5.13 Å². The molecule has 3 aromatic rings. The third-order valence-electron chi connectivity index (χ3n) is 6.93. The van der Waals surface area contributed by atoms with Crippen LogP contribution in [0.2, 0.25) is 0 Å². The average Bonchev–Trinajstić information content (AvgIpc) is 3.32. The predicted octanol–water partition coefficient (Wildman–Crippen LogP) is 4.74. The zero-order valence-electron chi connectivity index (χ0n) is 21.2. The molecule has 1 aromatic carbocycles. The van der Waals surface area contributed by atoms with Gasteiger partial charge in [-0.05, 0) is 56.5 Å². The Morgan fingerprint density at radius 1 is 1.08 bits per heavy atom. The number of morpholine rings is 1. The standard InChI is InChI=1S/C27H28N6O4S/c1-17-12-21(13-18(2)29-17)23-22(20-5-3-4-19(14-20)15-28)30-24(38-23)31-25(34)32-8-6-27(7-9-32)16-33(26(35)36)10-11-37-27/h3-5,12-14H,6-11,16H2,1-2H3,(H,35,36)(H,30,31,34). The van der Waals surface area contributed by atoms with Gasteiger partial charge in [0.1, 0.15) is 0 Å². The number of hydrogen-bond donors (Lipinski definition) is 2. The summed E-state index contributed by atoms with van der Waals surface area (Å²) in [6.45, 7) is 5.84. The number of urea groups is 1. The second-order valence-electron chi connectivity index (χ2n) is 9.68. The number of likely N-dealkylation sites (tertiary alicyclic amines) is 1. The summed E-state index contributed by atoms with van der Waals surface area (Å²) in [7, 11) is 0. The molecule has 2 aliphatic rings. The van der Waals surface area contributed by atoms with E-state index in [9.17, 15) is 20.0 Å². The molecule has 0 saturated carbocycles. The number of piperidine rings is 1. The highest BCUT2D eigenvalue weighted by molar-refractivity contribution is 7.19. The molecule has 2 aliphatic heterocycles. The van der Waals surface area contributed by atoms with Gasteiger partial charge in [-0.2, -0.15) is 5.26 Å². The van der Waals surface area contributed by atoms with E-state index in [-0.39, 0.29) is 6.03 Å². The fourth-order valence-corrected chi connectivity index (χ4v) is 6.03. The Morgan fingerprint density at radius 2 is 1.82 bits per heavy atom. The van der Waals surface area contributed by atoms with Crippen LogP contribution in [0.4, 0.5) is 14.7 Å². The molecule has 10 nitrogen and oxygen atoms in total. The van der Waals surface area contributed by atoms with E-state index >= 15 is 0 Å². The summed E-state index contributed by atoms with van der Waals surface area (Å²) in [5.74, 6) is 0. The maximum absolute atomic E-state index is 13.2. The fourth-order valence-electron chi connectivity index (χ4n) is 5.06. The van der Waals surface area contributed by atoms with Crippen molar-refractivity contribution in [3.8, 4) is 27.8 Å². The summed E-state index contributed by atoms with van der Waals surface area (Å²) in [6.07, 6.45) is 0.188. The second-order valence-corrected chi connectivity index (χ2v) is 10.7. The van der Waals surface area contributed by atoms with Crippen LogP contribution in [-0.4, -0.2) is 75.4 Å². The first kappa shape index (κ1) is 25.6. The lowest BCUT2D eigenvalue weighted by molar-refractivity contribution is -0.124. The first-order valence-electron chi connectivity index (χ1n) is 12.4. The molecule has 0 radical (unpaired) electrons. The third kappa shape index (κ3) is 5.32. The number of nitrogens with one attached hydrogen (secondary N) is 1. The van der Waals surface area contributed by atoms with Crippen molar-refractivity contribution in [2.75, 3.05) is 38.1 Å². The van der Waals surface area contributed by atoms with Crippen molar-refractivity contribution in [2.24, 2.45) is 0 Å². The van der Waals surface area contributed by atoms with Crippen molar-refractivity contribution in [1.82, 2.24) is 19.8 Å². The number of nitriles is 1. The Hall–Kier alpha value is -4.01. The zero-order valence-corrected chi connectivity index (χ0v) is 22.0. The van der Waals surface area contributed by atoms with Gasteiger partial charge in [0.2, 0.25) is 0 Å². The van der Waals surface area contributed by atoms with Gasteiger partial charge in [0.05, 0.1) is 41.0 Å². The van der Waals surface area contributed by atoms with Crippen LogP contribution >= 0.6 is 11.3 Å². The van der Waals surface area contributed by atoms with Crippen LogP contribution in [0.3, 0.4) is 0 Å². The molecular weight excluding hydrogens is 504 g/mol. The average molecular weight is 533 g/mol. The van der Waals surface area contributed by atoms with E-state index in [4.69, 9.17) is 9.72 Å². The van der Waals surface area contributed by atoms with Gasteiger partial charge in [0.25, 0.3) is 0 Å². The molecule has 4 heterocycles. The number of anilines is 1. The first-order valence-corrected chi connectivity index (χ1v) is 13.2. The highest BCUT2D eigenvalue weighted by atomic mass is 32.1. The van der Waals surface area contributed by atoms with E-state index in [1.807, 2.05) is 38.1 Å². The summed E-state index contributed by atoms with van der Waals surface area (Å²) in [5.41, 5.74) is 4.17. The van der Waals surface area contributed by atoms with Crippen LogP contribution in [0.5, 0.6) is 0 Å². The summed E-state index contributed by atoms with van der Waals surface area (Å²) < 4.78 is 5.99. The smallest absolute Gasteiger partial charge is 0.407 e. The lowest BCUT2D eigenvalue weighted by atomic mass is 9.89. The summed E-state index contributed by atoms with van der Waals surface area (Å²) >= 11 is 1.38. The molecule has 0 atom stereocenters. The van der Waals surface area contributed by atoms with Crippen molar-refractivity contribution >= 4 is 28.6 Å². The van der Waals surface area contributed by atoms with Gasteiger partial charge in [-0.15, -0.1) is 0 Å². The van der Waals surface area contributed by atoms with Crippen LogP contribution in [0.15, 0.2) is 36.4 Å². The van der Waals surface area contributed by atoms with Crippen molar-refractivity contribution in [3.05, 3.63) is 53.3 Å². The third-order valence-corrected chi connectivity index (χ3v) is 7.95. The monoisotopic (exact) mass is 532 g/mol. The maximum atomic E-state index is 13.2. The molecule has 2 saturated heterocycles. The van der Waals surface area contributed by atoms with Gasteiger partial charge in [-0.1, -0.05) is 23.5 Å². The molecule has 0 bridgehead atoms. The maximum Gasteiger partial charge on any atom is 0.407 e. The lowest BCUT2D eigenvalue weighted by Gasteiger charge is -2.46. The van der Waals surface area contributed by atoms with E-state index < -0.39 is 11.7 Å². The molecule has 38 heavy (non-hydrogen) atoms. The fraction of sp³-hybridized carbons (Fsp3) is 0.370. The Kier molecular flexibility index (Phi) is 7.01.